The average Bonchev–Trinajstić information content (AvgIpc) is 3.70. The van der Waals surface area contributed by atoms with E-state index in [2.05, 4.69) is 140 Å². The van der Waals surface area contributed by atoms with E-state index >= 15 is 4.57 Å². The van der Waals surface area contributed by atoms with Crippen molar-refractivity contribution >= 4 is 23.1 Å². The van der Waals surface area contributed by atoms with Gasteiger partial charge in [-0.3, -0.25) is 0 Å². The quantitative estimate of drug-likeness (QED) is 0.169. The fourth-order valence-electron chi connectivity index (χ4n) is 10.2. The van der Waals surface area contributed by atoms with Crippen LogP contribution in [-0.4, -0.2) is 0 Å². The Kier molecular flexibility index (Phi) is 6.14. The fraction of sp³-hybridized carbons (Fsp3) is 0.0400. The van der Waals surface area contributed by atoms with E-state index in [-0.39, 0.29) is 0 Å². The summed E-state index contributed by atoms with van der Waals surface area (Å²) in [7, 11) is -3.41. The smallest absolute Gasteiger partial charge is 0.171 e. The van der Waals surface area contributed by atoms with Crippen LogP contribution in [0.1, 0.15) is 44.5 Å². The molecule has 2 unspecified atom stereocenters. The zero-order valence-corrected chi connectivity index (χ0v) is 29.3. The van der Waals surface area contributed by atoms with Crippen molar-refractivity contribution in [2.24, 2.45) is 0 Å². The zero-order valence-electron chi connectivity index (χ0n) is 28.4. The van der Waals surface area contributed by atoms with Gasteiger partial charge < -0.3 is 4.57 Å². The lowest BCUT2D eigenvalue weighted by atomic mass is 9.52. The maximum atomic E-state index is 16.6. The lowest BCUT2D eigenvalue weighted by molar-refractivity contribution is 0.591. The van der Waals surface area contributed by atoms with Gasteiger partial charge in [0.1, 0.15) is 0 Å². The summed E-state index contributed by atoms with van der Waals surface area (Å²) in [6, 6.07) is 71.9. The van der Waals surface area contributed by atoms with Gasteiger partial charge in [-0.15, -0.1) is 0 Å². The molecule has 2 atom stereocenters. The molecule has 0 amide bonds. The highest BCUT2D eigenvalue weighted by Crippen LogP contribution is 2.69. The average molecular weight is 681 g/mol. The predicted molar refractivity (Wildman–Crippen MR) is 214 cm³/mol. The lowest BCUT2D eigenvalue weighted by Gasteiger charge is -2.49. The predicted octanol–water partition coefficient (Wildman–Crippen LogP) is 10.4. The lowest BCUT2D eigenvalue weighted by Crippen LogP contribution is -2.45. The van der Waals surface area contributed by atoms with Gasteiger partial charge in [-0.2, -0.15) is 0 Å². The van der Waals surface area contributed by atoms with Crippen LogP contribution in [0.5, 0.6) is 0 Å². The molecule has 8 aromatic carbocycles. The van der Waals surface area contributed by atoms with Crippen LogP contribution >= 0.6 is 7.14 Å². The first-order valence-electron chi connectivity index (χ1n) is 18.1. The third kappa shape index (κ3) is 3.47. The van der Waals surface area contributed by atoms with Crippen molar-refractivity contribution < 1.29 is 4.57 Å². The Morgan fingerprint density at radius 3 is 1.31 bits per heavy atom. The van der Waals surface area contributed by atoms with Gasteiger partial charge in [-0.05, 0) is 66.8 Å². The summed E-state index contributed by atoms with van der Waals surface area (Å²) < 4.78 is 16.6. The topological polar surface area (TPSA) is 17.1 Å². The second kappa shape index (κ2) is 10.8. The van der Waals surface area contributed by atoms with Gasteiger partial charge in [0, 0.05) is 15.9 Å². The number of benzene rings is 8. The van der Waals surface area contributed by atoms with Gasteiger partial charge in [0.15, 0.2) is 7.14 Å². The van der Waals surface area contributed by atoms with Crippen LogP contribution in [0.3, 0.4) is 0 Å². The van der Waals surface area contributed by atoms with Gasteiger partial charge in [0.2, 0.25) is 0 Å². The Bertz CT molecular complexity index is 2730. The highest BCUT2D eigenvalue weighted by Gasteiger charge is 2.61. The molecule has 0 fully saturated rings. The minimum absolute atomic E-state index is 0.527. The minimum atomic E-state index is -3.41. The number of hydrogen-bond acceptors (Lipinski definition) is 1. The SMILES string of the molecule is O=P(c1ccccc1)(c1ccccc1)c1cccc2c1C1(c3ccccc3-2)c2ccccc2C2(c3ccccc3)c3ccccc3-c3cccc1c32. The highest BCUT2D eigenvalue weighted by molar-refractivity contribution is 7.85. The fourth-order valence-corrected chi connectivity index (χ4v) is 13.2. The van der Waals surface area contributed by atoms with E-state index in [4.69, 9.17) is 0 Å². The summed E-state index contributed by atoms with van der Waals surface area (Å²) >= 11 is 0. The first kappa shape index (κ1) is 29.7. The third-order valence-corrected chi connectivity index (χ3v) is 15.1. The summed E-state index contributed by atoms with van der Waals surface area (Å²) in [5, 5.41) is 2.58. The summed E-state index contributed by atoms with van der Waals surface area (Å²) in [5.74, 6) is 0. The van der Waals surface area contributed by atoms with Crippen molar-refractivity contribution in [1.29, 1.82) is 0 Å². The Morgan fingerprint density at radius 2 is 0.712 bits per heavy atom. The summed E-state index contributed by atoms with van der Waals surface area (Å²) in [5.41, 5.74) is 13.7. The summed E-state index contributed by atoms with van der Waals surface area (Å²) in [4.78, 5) is 0. The molecule has 3 aliphatic carbocycles. The molecule has 2 heteroatoms. The van der Waals surface area contributed by atoms with E-state index in [9.17, 15) is 0 Å². The molecular weight excluding hydrogens is 648 g/mol. The molecule has 52 heavy (non-hydrogen) atoms. The van der Waals surface area contributed by atoms with Crippen LogP contribution in [0.4, 0.5) is 0 Å². The molecule has 1 spiro atoms. The maximum Gasteiger partial charge on any atom is 0.171 e. The standard InChI is InChI=1S/C50H33OP/c51-52(35-20-6-2-7-21-35,36-22-8-3-9-23-36)46-33-17-27-40-38-25-11-13-29-42(38)50(48(40)46)44-31-15-14-30-43(44)49(34-18-4-1-5-19-34)41-28-12-10-24-37(41)39-26-16-32-45(50)47(39)49/h1-33H. The molecule has 8 aromatic rings. The molecule has 0 saturated heterocycles. The molecule has 0 radical (unpaired) electrons. The van der Waals surface area contributed by atoms with Crippen molar-refractivity contribution in [2.75, 3.05) is 0 Å². The minimum Gasteiger partial charge on any atom is -0.309 e. The zero-order chi connectivity index (χ0) is 34.5. The highest BCUT2D eigenvalue weighted by atomic mass is 31.2. The van der Waals surface area contributed by atoms with Crippen LogP contribution in [0, 0.1) is 0 Å². The van der Waals surface area contributed by atoms with Gasteiger partial charge in [-0.1, -0.05) is 200 Å². The second-order valence-corrected chi connectivity index (χ2v) is 16.9. The number of fused-ring (bicyclic) bond motifs is 12. The molecule has 244 valence electrons. The van der Waals surface area contributed by atoms with Crippen LogP contribution in [-0.2, 0) is 15.4 Å². The number of hydrogen-bond donors (Lipinski definition) is 0. The molecule has 0 saturated carbocycles. The first-order valence-corrected chi connectivity index (χ1v) is 19.8. The monoisotopic (exact) mass is 680 g/mol. The van der Waals surface area contributed by atoms with Crippen molar-refractivity contribution in [3.05, 3.63) is 245 Å². The van der Waals surface area contributed by atoms with E-state index in [0.29, 0.717) is 0 Å². The van der Waals surface area contributed by atoms with Gasteiger partial charge in [0.25, 0.3) is 0 Å². The molecule has 0 aliphatic heterocycles. The normalized spacial score (nSPS) is 18.6. The van der Waals surface area contributed by atoms with E-state index in [1.807, 2.05) is 60.7 Å². The molecule has 0 heterocycles. The molecule has 3 aliphatic rings. The molecular formula is C50H33OP. The van der Waals surface area contributed by atoms with Crippen LogP contribution < -0.4 is 15.9 Å². The maximum absolute atomic E-state index is 16.6. The Hall–Kier alpha value is -6.01. The van der Waals surface area contributed by atoms with Gasteiger partial charge >= 0.3 is 0 Å². The molecule has 0 N–H and O–H groups in total. The van der Waals surface area contributed by atoms with E-state index in [1.54, 1.807) is 0 Å². The van der Waals surface area contributed by atoms with Crippen molar-refractivity contribution in [3.8, 4) is 22.3 Å². The summed E-state index contributed by atoms with van der Waals surface area (Å²) in [6.45, 7) is 0. The Labute approximate surface area is 304 Å². The largest absolute Gasteiger partial charge is 0.309 e. The first-order chi connectivity index (χ1) is 25.7. The Morgan fingerprint density at radius 1 is 0.308 bits per heavy atom. The van der Waals surface area contributed by atoms with Crippen LogP contribution in [0.15, 0.2) is 200 Å². The summed E-state index contributed by atoms with van der Waals surface area (Å²) in [6.07, 6.45) is 0. The van der Waals surface area contributed by atoms with E-state index in [1.165, 1.54) is 55.6 Å². The van der Waals surface area contributed by atoms with Crippen molar-refractivity contribution in [3.63, 3.8) is 0 Å². The van der Waals surface area contributed by atoms with Crippen molar-refractivity contribution in [1.82, 2.24) is 0 Å². The van der Waals surface area contributed by atoms with E-state index in [0.717, 1.165) is 27.0 Å². The number of rotatable bonds is 4. The van der Waals surface area contributed by atoms with Gasteiger partial charge in [-0.25, -0.2) is 0 Å². The van der Waals surface area contributed by atoms with Crippen LogP contribution in [0.25, 0.3) is 22.3 Å². The van der Waals surface area contributed by atoms with Gasteiger partial charge in [0.05, 0.1) is 10.8 Å². The van der Waals surface area contributed by atoms with Crippen LogP contribution in [0.2, 0.25) is 0 Å². The molecule has 11 rings (SSSR count). The van der Waals surface area contributed by atoms with E-state index < -0.39 is 18.0 Å². The molecule has 1 nitrogen and oxygen atoms in total. The van der Waals surface area contributed by atoms with Crippen molar-refractivity contribution in [2.45, 2.75) is 10.8 Å². The molecule has 0 aromatic heterocycles. The second-order valence-electron chi connectivity index (χ2n) is 14.2. The molecule has 0 bridgehead atoms. The Balaban J connectivity index is 1.37. The third-order valence-electron chi connectivity index (χ3n) is 12.0.